The molecule has 25 heavy (non-hydrogen) atoms. The summed E-state index contributed by atoms with van der Waals surface area (Å²) in [5.41, 5.74) is 1.57. The Balaban J connectivity index is 1.62. The fraction of sp³-hybridized carbons (Fsp3) is 0.222. The van der Waals surface area contributed by atoms with Gasteiger partial charge in [0.05, 0.1) is 27.8 Å². The van der Waals surface area contributed by atoms with E-state index in [1.165, 1.54) is 0 Å². The van der Waals surface area contributed by atoms with E-state index in [-0.39, 0.29) is 24.4 Å². The molecule has 0 atom stereocenters. The molecule has 130 valence electrons. The van der Waals surface area contributed by atoms with Crippen molar-refractivity contribution < 1.29 is 9.59 Å². The maximum atomic E-state index is 12.2. The van der Waals surface area contributed by atoms with Crippen LogP contribution in [0.3, 0.4) is 0 Å². The molecule has 2 aromatic carbocycles. The van der Waals surface area contributed by atoms with Crippen LogP contribution >= 0.6 is 23.2 Å². The van der Waals surface area contributed by atoms with Gasteiger partial charge in [-0.3, -0.25) is 9.59 Å². The van der Waals surface area contributed by atoms with Gasteiger partial charge in [-0.2, -0.15) is 0 Å². The zero-order valence-corrected chi connectivity index (χ0v) is 14.8. The quantitative estimate of drug-likeness (QED) is 0.713. The number of anilines is 2. The van der Waals surface area contributed by atoms with Crippen LogP contribution in [0.2, 0.25) is 10.0 Å². The Bertz CT molecular complexity index is 807. The molecule has 3 N–H and O–H groups in total. The normalized spacial score (nSPS) is 13.2. The molecule has 0 unspecified atom stereocenters. The Hall–Kier alpha value is -2.24. The Labute approximate surface area is 155 Å². The SMILES string of the molecule is O=C(CNc1ccccc1C(=O)NC1CC1)Nc1cccc(Cl)c1Cl. The molecule has 0 aliphatic heterocycles. The average molecular weight is 378 g/mol. The Kier molecular flexibility index (Phi) is 5.46. The highest BCUT2D eigenvalue weighted by molar-refractivity contribution is 6.44. The summed E-state index contributed by atoms with van der Waals surface area (Å²) in [6, 6.07) is 12.4. The lowest BCUT2D eigenvalue weighted by Gasteiger charge is -2.13. The molecular formula is C18H17Cl2N3O2. The minimum Gasteiger partial charge on any atom is -0.376 e. The molecule has 1 aliphatic rings. The van der Waals surface area contributed by atoms with Crippen molar-refractivity contribution in [1.29, 1.82) is 0 Å². The Morgan fingerprint density at radius 3 is 2.48 bits per heavy atom. The van der Waals surface area contributed by atoms with Gasteiger partial charge in [-0.25, -0.2) is 0 Å². The fourth-order valence-electron chi connectivity index (χ4n) is 2.30. The molecule has 5 nitrogen and oxygen atoms in total. The number of hydrogen-bond donors (Lipinski definition) is 3. The molecule has 0 spiro atoms. The number of nitrogens with one attached hydrogen (secondary N) is 3. The molecule has 0 heterocycles. The van der Waals surface area contributed by atoms with Crippen LogP contribution < -0.4 is 16.0 Å². The van der Waals surface area contributed by atoms with Crippen molar-refractivity contribution in [3.05, 3.63) is 58.1 Å². The van der Waals surface area contributed by atoms with Gasteiger partial charge in [0, 0.05) is 11.7 Å². The highest BCUT2D eigenvalue weighted by Crippen LogP contribution is 2.29. The summed E-state index contributed by atoms with van der Waals surface area (Å²) in [4.78, 5) is 24.4. The minimum atomic E-state index is -0.290. The summed E-state index contributed by atoms with van der Waals surface area (Å²) in [6.07, 6.45) is 2.04. The first-order chi connectivity index (χ1) is 12.0. The van der Waals surface area contributed by atoms with Gasteiger partial charge < -0.3 is 16.0 Å². The van der Waals surface area contributed by atoms with Gasteiger partial charge in [0.25, 0.3) is 5.91 Å². The number of amides is 2. The molecule has 3 rings (SSSR count). The summed E-state index contributed by atoms with van der Waals surface area (Å²) < 4.78 is 0. The lowest BCUT2D eigenvalue weighted by atomic mass is 10.1. The van der Waals surface area contributed by atoms with Crippen LogP contribution in [0.5, 0.6) is 0 Å². The van der Waals surface area contributed by atoms with Gasteiger partial charge in [0.15, 0.2) is 0 Å². The fourth-order valence-corrected chi connectivity index (χ4v) is 2.64. The van der Waals surface area contributed by atoms with Gasteiger partial charge in [-0.05, 0) is 37.1 Å². The van der Waals surface area contributed by atoms with Crippen molar-refractivity contribution in [2.45, 2.75) is 18.9 Å². The zero-order valence-electron chi connectivity index (χ0n) is 13.3. The van der Waals surface area contributed by atoms with Crippen LogP contribution in [-0.4, -0.2) is 24.4 Å². The number of hydrogen-bond acceptors (Lipinski definition) is 3. The Morgan fingerprint density at radius 2 is 1.72 bits per heavy atom. The summed E-state index contributed by atoms with van der Waals surface area (Å²) in [7, 11) is 0. The molecule has 0 aromatic heterocycles. The predicted octanol–water partition coefficient (Wildman–Crippen LogP) is 3.94. The average Bonchev–Trinajstić information content (AvgIpc) is 3.41. The van der Waals surface area contributed by atoms with Gasteiger partial charge >= 0.3 is 0 Å². The topological polar surface area (TPSA) is 70.2 Å². The van der Waals surface area contributed by atoms with Crippen molar-refractivity contribution in [1.82, 2.24) is 5.32 Å². The second-order valence-corrected chi connectivity index (χ2v) is 6.58. The molecule has 1 fully saturated rings. The molecule has 2 amide bonds. The number of para-hydroxylation sites is 1. The molecule has 1 aliphatic carbocycles. The van der Waals surface area contributed by atoms with Crippen molar-refractivity contribution in [2.24, 2.45) is 0 Å². The van der Waals surface area contributed by atoms with Crippen LogP contribution in [-0.2, 0) is 4.79 Å². The minimum absolute atomic E-state index is 0.00341. The third-order valence-electron chi connectivity index (χ3n) is 3.75. The van der Waals surface area contributed by atoms with Crippen molar-refractivity contribution in [3.63, 3.8) is 0 Å². The van der Waals surface area contributed by atoms with Crippen LogP contribution in [0, 0.1) is 0 Å². The molecule has 1 saturated carbocycles. The van der Waals surface area contributed by atoms with E-state index in [4.69, 9.17) is 23.2 Å². The zero-order chi connectivity index (χ0) is 17.8. The molecule has 0 bridgehead atoms. The Morgan fingerprint density at radius 1 is 1.00 bits per heavy atom. The van der Waals surface area contributed by atoms with E-state index < -0.39 is 0 Å². The summed E-state index contributed by atoms with van der Waals surface area (Å²) in [5, 5.41) is 9.29. The maximum Gasteiger partial charge on any atom is 0.253 e. The van der Waals surface area contributed by atoms with Crippen molar-refractivity contribution in [3.8, 4) is 0 Å². The van der Waals surface area contributed by atoms with E-state index in [0.29, 0.717) is 27.0 Å². The highest BCUT2D eigenvalue weighted by atomic mass is 35.5. The number of carbonyl (C=O) groups is 2. The molecule has 7 heteroatoms. The predicted molar refractivity (Wildman–Crippen MR) is 101 cm³/mol. The van der Waals surface area contributed by atoms with E-state index in [1.807, 2.05) is 6.07 Å². The smallest absolute Gasteiger partial charge is 0.253 e. The van der Waals surface area contributed by atoms with Crippen LogP contribution in [0.15, 0.2) is 42.5 Å². The number of halogens is 2. The molecule has 2 aromatic rings. The van der Waals surface area contributed by atoms with E-state index in [1.54, 1.807) is 36.4 Å². The first-order valence-corrected chi connectivity index (χ1v) is 8.68. The lowest BCUT2D eigenvalue weighted by molar-refractivity contribution is -0.114. The largest absolute Gasteiger partial charge is 0.376 e. The second-order valence-electron chi connectivity index (χ2n) is 5.80. The third kappa shape index (κ3) is 4.65. The number of carbonyl (C=O) groups excluding carboxylic acids is 2. The van der Waals surface area contributed by atoms with Crippen molar-refractivity contribution >= 4 is 46.4 Å². The first-order valence-electron chi connectivity index (χ1n) is 7.92. The number of rotatable bonds is 6. The van der Waals surface area contributed by atoms with Crippen LogP contribution in [0.1, 0.15) is 23.2 Å². The van der Waals surface area contributed by atoms with Crippen molar-refractivity contribution in [2.75, 3.05) is 17.2 Å². The van der Waals surface area contributed by atoms with Crippen LogP contribution in [0.25, 0.3) is 0 Å². The monoisotopic (exact) mass is 377 g/mol. The number of benzene rings is 2. The standard InChI is InChI=1S/C18H17Cl2N3O2/c19-13-5-3-7-15(17(13)20)23-16(24)10-21-14-6-2-1-4-12(14)18(25)22-11-8-9-11/h1-7,11,21H,8-10H2,(H,22,25)(H,23,24). The first kappa shape index (κ1) is 17.6. The van der Waals surface area contributed by atoms with E-state index >= 15 is 0 Å². The van der Waals surface area contributed by atoms with Gasteiger partial charge in [0.2, 0.25) is 5.91 Å². The van der Waals surface area contributed by atoms with E-state index in [2.05, 4.69) is 16.0 Å². The maximum absolute atomic E-state index is 12.2. The summed E-state index contributed by atoms with van der Waals surface area (Å²) >= 11 is 12.0. The van der Waals surface area contributed by atoms with Gasteiger partial charge in [-0.1, -0.05) is 41.4 Å². The van der Waals surface area contributed by atoms with E-state index in [9.17, 15) is 9.59 Å². The van der Waals surface area contributed by atoms with E-state index in [0.717, 1.165) is 12.8 Å². The highest BCUT2D eigenvalue weighted by Gasteiger charge is 2.24. The molecule has 0 radical (unpaired) electrons. The summed E-state index contributed by atoms with van der Waals surface area (Å²) in [6.45, 7) is -0.00341. The van der Waals surface area contributed by atoms with Crippen LogP contribution in [0.4, 0.5) is 11.4 Å². The lowest BCUT2D eigenvalue weighted by Crippen LogP contribution is -2.27. The van der Waals surface area contributed by atoms with Gasteiger partial charge in [-0.15, -0.1) is 0 Å². The van der Waals surface area contributed by atoms with Gasteiger partial charge in [0.1, 0.15) is 0 Å². The summed E-state index contributed by atoms with van der Waals surface area (Å²) in [5.74, 6) is -0.425. The third-order valence-corrected chi connectivity index (χ3v) is 4.57. The molecule has 0 saturated heterocycles. The second kappa shape index (κ2) is 7.76. The molecular weight excluding hydrogens is 361 g/mol.